The Hall–Kier alpha value is -3.86. The van der Waals surface area contributed by atoms with E-state index in [1.165, 1.54) is 4.57 Å². The summed E-state index contributed by atoms with van der Waals surface area (Å²) in [7, 11) is 0. The molecule has 3 aromatic carbocycles. The highest BCUT2D eigenvalue weighted by Gasteiger charge is 2.36. The normalized spacial score (nSPS) is 16.6. The smallest absolute Gasteiger partial charge is 0.340 e. The number of hydrogen-bond donors (Lipinski definition) is 0. The van der Waals surface area contributed by atoms with E-state index in [4.69, 9.17) is 9.47 Å². The summed E-state index contributed by atoms with van der Waals surface area (Å²) in [6.07, 6.45) is 1.68. The Morgan fingerprint density at radius 2 is 1.64 bits per heavy atom. The molecule has 4 aromatic rings. The molecule has 1 aliphatic rings. The Morgan fingerprint density at radius 3 is 2.39 bits per heavy atom. The van der Waals surface area contributed by atoms with E-state index in [2.05, 4.69) is 0 Å². The molecule has 1 aliphatic heterocycles. The first-order valence-corrected chi connectivity index (χ1v) is 11.0. The Balaban J connectivity index is 1.60. The second-order valence-electron chi connectivity index (χ2n) is 9.10. The first-order chi connectivity index (χ1) is 15.8. The minimum absolute atomic E-state index is 0.177. The van der Waals surface area contributed by atoms with E-state index >= 15 is 0 Å². The van der Waals surface area contributed by atoms with Gasteiger partial charge < -0.3 is 9.47 Å². The number of esters is 1. The van der Waals surface area contributed by atoms with Crippen LogP contribution in [0.25, 0.3) is 16.5 Å². The third kappa shape index (κ3) is 3.91. The molecule has 0 fully saturated rings. The van der Waals surface area contributed by atoms with Crippen molar-refractivity contribution >= 4 is 16.7 Å². The van der Waals surface area contributed by atoms with Crippen molar-refractivity contribution in [1.82, 2.24) is 4.57 Å². The van der Waals surface area contributed by atoms with Crippen LogP contribution in [0.2, 0.25) is 0 Å². The number of aryl methyl sites for hydroxylation is 1. The summed E-state index contributed by atoms with van der Waals surface area (Å²) < 4.78 is 13.6. The van der Waals surface area contributed by atoms with Gasteiger partial charge in [0.15, 0.2) is 0 Å². The van der Waals surface area contributed by atoms with Crippen LogP contribution in [0.4, 0.5) is 0 Å². The molecule has 1 aromatic heterocycles. The van der Waals surface area contributed by atoms with Gasteiger partial charge in [0, 0.05) is 34.6 Å². The van der Waals surface area contributed by atoms with E-state index in [1.807, 2.05) is 75.4 Å². The highest BCUT2D eigenvalue weighted by Crippen LogP contribution is 2.41. The minimum atomic E-state index is -0.470. The van der Waals surface area contributed by atoms with Gasteiger partial charge in [-0.2, -0.15) is 0 Å². The van der Waals surface area contributed by atoms with Gasteiger partial charge in [-0.05, 0) is 45.0 Å². The summed E-state index contributed by atoms with van der Waals surface area (Å²) in [4.78, 5) is 26.7. The van der Waals surface area contributed by atoms with Crippen molar-refractivity contribution < 1.29 is 14.3 Å². The Kier molecular flexibility index (Phi) is 5.05. The number of aromatic nitrogens is 1. The molecule has 0 radical (unpaired) electrons. The number of fused-ring (bicyclic) bond motifs is 2. The SMILES string of the molecule is Cc1ccc(-n2cc(C(=O)OC3CC(C)(C)Oc4ccccc43)c3ccccc3c2=O)cc1. The molecular formula is C28H25NO4. The maximum absolute atomic E-state index is 13.5. The molecule has 166 valence electrons. The monoisotopic (exact) mass is 439 g/mol. The van der Waals surface area contributed by atoms with Crippen LogP contribution in [0, 0.1) is 6.92 Å². The Bertz CT molecular complexity index is 1420. The number of rotatable bonds is 3. The fraction of sp³-hybridized carbons (Fsp3) is 0.214. The lowest BCUT2D eigenvalue weighted by Crippen LogP contribution is -2.36. The molecule has 5 nitrogen and oxygen atoms in total. The van der Waals surface area contributed by atoms with Gasteiger partial charge >= 0.3 is 5.97 Å². The lowest BCUT2D eigenvalue weighted by atomic mass is 9.91. The van der Waals surface area contributed by atoms with Gasteiger partial charge in [-0.1, -0.05) is 54.1 Å². The van der Waals surface area contributed by atoms with E-state index in [0.29, 0.717) is 28.4 Å². The van der Waals surface area contributed by atoms with Crippen molar-refractivity contribution in [2.45, 2.75) is 38.9 Å². The van der Waals surface area contributed by atoms with Crippen molar-refractivity contribution in [3.63, 3.8) is 0 Å². The number of ether oxygens (including phenoxy) is 2. The van der Waals surface area contributed by atoms with Crippen LogP contribution < -0.4 is 10.3 Å². The molecule has 0 saturated carbocycles. The summed E-state index contributed by atoms with van der Waals surface area (Å²) in [5.41, 5.74) is 2.34. The van der Waals surface area contributed by atoms with Gasteiger partial charge in [-0.25, -0.2) is 4.79 Å². The molecule has 5 rings (SSSR count). The molecule has 0 saturated heterocycles. The topological polar surface area (TPSA) is 57.5 Å². The Labute approximate surface area is 192 Å². The molecule has 0 bridgehead atoms. The second kappa shape index (κ2) is 7.93. The molecule has 33 heavy (non-hydrogen) atoms. The van der Waals surface area contributed by atoms with Gasteiger partial charge in [0.1, 0.15) is 17.5 Å². The zero-order valence-electron chi connectivity index (χ0n) is 18.9. The fourth-order valence-corrected chi connectivity index (χ4v) is 4.38. The van der Waals surface area contributed by atoms with E-state index < -0.39 is 17.7 Å². The van der Waals surface area contributed by atoms with E-state index in [9.17, 15) is 9.59 Å². The fourth-order valence-electron chi connectivity index (χ4n) is 4.38. The minimum Gasteiger partial charge on any atom is -0.487 e. The lowest BCUT2D eigenvalue weighted by molar-refractivity contribution is -0.0160. The van der Waals surface area contributed by atoms with Crippen molar-refractivity contribution in [2.24, 2.45) is 0 Å². The first kappa shape index (κ1) is 21.0. The molecule has 1 atom stereocenters. The molecule has 0 aliphatic carbocycles. The van der Waals surface area contributed by atoms with Gasteiger partial charge in [0.25, 0.3) is 5.56 Å². The quantitative estimate of drug-likeness (QED) is 0.381. The molecule has 0 spiro atoms. The molecular weight excluding hydrogens is 414 g/mol. The standard InChI is InChI=1S/C28H25NO4/c1-18-12-14-19(15-13-18)29-17-23(20-8-4-5-9-21(20)26(29)30)27(31)32-25-16-28(2,3)33-24-11-7-6-10-22(24)25/h4-15,17,25H,16H2,1-3H3. The lowest BCUT2D eigenvalue weighted by Gasteiger charge is -2.37. The number of para-hydroxylation sites is 1. The third-order valence-corrected chi connectivity index (χ3v) is 6.04. The van der Waals surface area contributed by atoms with Crippen LogP contribution >= 0.6 is 0 Å². The van der Waals surface area contributed by atoms with E-state index in [0.717, 1.165) is 16.9 Å². The van der Waals surface area contributed by atoms with Crippen LogP contribution in [-0.2, 0) is 4.74 Å². The van der Waals surface area contributed by atoms with E-state index in [1.54, 1.807) is 24.4 Å². The predicted molar refractivity (Wildman–Crippen MR) is 128 cm³/mol. The number of hydrogen-bond acceptors (Lipinski definition) is 4. The molecule has 1 unspecified atom stereocenters. The number of nitrogens with zero attached hydrogens (tertiary/aromatic N) is 1. The highest BCUT2D eigenvalue weighted by atomic mass is 16.6. The number of carbonyl (C=O) groups excluding carboxylic acids is 1. The zero-order chi connectivity index (χ0) is 23.2. The van der Waals surface area contributed by atoms with Crippen molar-refractivity contribution in [3.8, 4) is 11.4 Å². The van der Waals surface area contributed by atoms with Crippen LogP contribution in [0.5, 0.6) is 5.75 Å². The molecule has 0 N–H and O–H groups in total. The average Bonchev–Trinajstić information content (AvgIpc) is 2.79. The first-order valence-electron chi connectivity index (χ1n) is 11.0. The summed E-state index contributed by atoms with van der Waals surface area (Å²) in [5.74, 6) is 0.255. The van der Waals surface area contributed by atoms with Crippen molar-refractivity contribution in [1.29, 1.82) is 0 Å². The van der Waals surface area contributed by atoms with Crippen molar-refractivity contribution in [3.05, 3.63) is 106 Å². The van der Waals surface area contributed by atoms with Crippen LogP contribution in [-0.4, -0.2) is 16.1 Å². The summed E-state index contributed by atoms with van der Waals surface area (Å²) in [5, 5.41) is 1.05. The Morgan fingerprint density at radius 1 is 0.970 bits per heavy atom. The maximum atomic E-state index is 13.5. The maximum Gasteiger partial charge on any atom is 0.340 e. The molecule has 2 heterocycles. The van der Waals surface area contributed by atoms with Gasteiger partial charge in [0.2, 0.25) is 0 Å². The molecule has 5 heteroatoms. The average molecular weight is 440 g/mol. The molecule has 0 amide bonds. The van der Waals surface area contributed by atoms with Gasteiger partial charge in [-0.3, -0.25) is 9.36 Å². The largest absolute Gasteiger partial charge is 0.487 e. The highest BCUT2D eigenvalue weighted by molar-refractivity contribution is 6.04. The van der Waals surface area contributed by atoms with Gasteiger partial charge in [0.05, 0.1) is 5.56 Å². The summed E-state index contributed by atoms with van der Waals surface area (Å²) >= 11 is 0. The zero-order valence-corrected chi connectivity index (χ0v) is 18.9. The van der Waals surface area contributed by atoms with Gasteiger partial charge in [-0.15, -0.1) is 0 Å². The second-order valence-corrected chi connectivity index (χ2v) is 9.10. The predicted octanol–water partition coefficient (Wildman–Crippen LogP) is 5.76. The summed E-state index contributed by atoms with van der Waals surface area (Å²) in [6.45, 7) is 5.95. The number of carbonyl (C=O) groups is 1. The summed E-state index contributed by atoms with van der Waals surface area (Å²) in [6, 6.07) is 22.4. The van der Waals surface area contributed by atoms with Crippen LogP contribution in [0.1, 0.15) is 47.9 Å². The van der Waals surface area contributed by atoms with Crippen LogP contribution in [0.3, 0.4) is 0 Å². The van der Waals surface area contributed by atoms with Crippen LogP contribution in [0.15, 0.2) is 83.8 Å². The number of benzene rings is 3. The number of pyridine rings is 1. The third-order valence-electron chi connectivity index (χ3n) is 6.04. The van der Waals surface area contributed by atoms with Crippen molar-refractivity contribution in [2.75, 3.05) is 0 Å². The van der Waals surface area contributed by atoms with E-state index in [-0.39, 0.29) is 5.56 Å².